The van der Waals surface area contributed by atoms with Gasteiger partial charge in [0.2, 0.25) is 0 Å². The Kier molecular flexibility index (Phi) is 4.62. The van der Waals surface area contributed by atoms with Crippen LogP contribution in [0.3, 0.4) is 0 Å². The smallest absolute Gasteiger partial charge is 0.135 e. The van der Waals surface area contributed by atoms with Crippen molar-refractivity contribution in [3.63, 3.8) is 0 Å². The molecule has 0 bridgehead atoms. The third kappa shape index (κ3) is 3.22. The molecule has 1 unspecified atom stereocenters. The molecule has 82 valence electrons. The zero-order valence-electron chi connectivity index (χ0n) is 8.89. The van der Waals surface area contributed by atoms with Crippen LogP contribution in [0, 0.1) is 5.92 Å². The molecule has 0 spiro atoms. The Morgan fingerprint density at radius 3 is 2.67 bits per heavy atom. The Hall–Kier alpha value is -0.530. The molecule has 0 aliphatic heterocycles. The fraction of sp³-hybridized carbons (Fsp3) is 0.417. The first kappa shape index (κ1) is 12.5. The number of Topliss-reactive ketones (excluding diaryl/α,β-unsaturated/α-hetero) is 1. The molecule has 1 aromatic rings. The van der Waals surface area contributed by atoms with E-state index in [0.717, 1.165) is 5.56 Å². The van der Waals surface area contributed by atoms with E-state index in [9.17, 15) is 4.79 Å². The van der Waals surface area contributed by atoms with Gasteiger partial charge in [-0.05, 0) is 18.1 Å². The molecule has 3 heteroatoms. The van der Waals surface area contributed by atoms with E-state index in [1.165, 1.54) is 0 Å². The summed E-state index contributed by atoms with van der Waals surface area (Å²) in [6.07, 6.45) is 1.23. The van der Waals surface area contributed by atoms with Gasteiger partial charge < -0.3 is 0 Å². The first-order chi connectivity index (χ1) is 7.06. The molecule has 0 saturated carbocycles. The Morgan fingerprint density at radius 1 is 1.40 bits per heavy atom. The molecule has 0 N–H and O–H groups in total. The number of hydrogen-bond donors (Lipinski definition) is 0. The zero-order chi connectivity index (χ0) is 11.4. The van der Waals surface area contributed by atoms with E-state index in [2.05, 4.69) is 0 Å². The van der Waals surface area contributed by atoms with Crippen molar-refractivity contribution < 1.29 is 4.79 Å². The average molecular weight is 245 g/mol. The van der Waals surface area contributed by atoms with E-state index in [4.69, 9.17) is 23.2 Å². The Labute approximate surface area is 100 Å². The predicted molar refractivity (Wildman–Crippen MR) is 64.6 cm³/mol. The van der Waals surface area contributed by atoms with E-state index in [1.807, 2.05) is 26.0 Å². The molecule has 1 aromatic carbocycles. The van der Waals surface area contributed by atoms with Crippen LogP contribution >= 0.6 is 23.2 Å². The van der Waals surface area contributed by atoms with E-state index < -0.39 is 0 Å². The normalized spacial score (nSPS) is 12.5. The fourth-order valence-corrected chi connectivity index (χ4v) is 1.90. The largest absolute Gasteiger partial charge is 0.299 e. The molecular formula is C12H14Cl2O. The Morgan fingerprint density at radius 2 is 2.07 bits per heavy atom. The van der Waals surface area contributed by atoms with Crippen LogP contribution in [0.1, 0.15) is 25.8 Å². The molecule has 0 fully saturated rings. The lowest BCUT2D eigenvalue weighted by molar-refractivity contribution is -0.122. The van der Waals surface area contributed by atoms with Crippen LogP contribution in [0.4, 0.5) is 0 Å². The zero-order valence-corrected chi connectivity index (χ0v) is 10.4. The highest BCUT2D eigenvalue weighted by atomic mass is 35.5. The predicted octanol–water partition coefficient (Wildman–Crippen LogP) is 4.15. The number of carbonyl (C=O) groups excluding carboxylic acids is 1. The third-order valence-corrected chi connectivity index (χ3v) is 3.31. The molecule has 0 aliphatic rings. The number of carbonyl (C=O) groups is 1. The Bertz CT molecular complexity index is 361. The van der Waals surface area contributed by atoms with Crippen LogP contribution in [0.2, 0.25) is 10.0 Å². The van der Waals surface area contributed by atoms with Crippen molar-refractivity contribution in [3.05, 3.63) is 33.8 Å². The molecule has 1 nitrogen and oxygen atoms in total. The van der Waals surface area contributed by atoms with E-state index in [0.29, 0.717) is 22.9 Å². The van der Waals surface area contributed by atoms with Gasteiger partial charge in [0.15, 0.2) is 0 Å². The lowest BCUT2D eigenvalue weighted by Crippen LogP contribution is -2.12. The summed E-state index contributed by atoms with van der Waals surface area (Å²) in [7, 11) is 0. The first-order valence-corrected chi connectivity index (χ1v) is 5.77. The molecule has 0 radical (unpaired) electrons. The number of halogens is 2. The van der Waals surface area contributed by atoms with Gasteiger partial charge in [-0.2, -0.15) is 0 Å². The van der Waals surface area contributed by atoms with E-state index >= 15 is 0 Å². The average Bonchev–Trinajstić information content (AvgIpc) is 2.23. The topological polar surface area (TPSA) is 17.1 Å². The monoisotopic (exact) mass is 244 g/mol. The van der Waals surface area contributed by atoms with Crippen LogP contribution in [-0.2, 0) is 11.2 Å². The van der Waals surface area contributed by atoms with Crippen LogP contribution in [0.15, 0.2) is 18.2 Å². The van der Waals surface area contributed by atoms with Crippen LogP contribution in [0.25, 0.3) is 0 Å². The molecule has 0 heterocycles. The molecule has 1 atom stereocenters. The van der Waals surface area contributed by atoms with Crippen LogP contribution in [0.5, 0.6) is 0 Å². The van der Waals surface area contributed by atoms with Gasteiger partial charge in [0.1, 0.15) is 5.78 Å². The van der Waals surface area contributed by atoms with Crippen molar-refractivity contribution in [1.29, 1.82) is 0 Å². The van der Waals surface area contributed by atoms with Gasteiger partial charge in [-0.25, -0.2) is 0 Å². The molecule has 1 rings (SSSR count). The van der Waals surface area contributed by atoms with Crippen molar-refractivity contribution in [3.8, 4) is 0 Å². The summed E-state index contributed by atoms with van der Waals surface area (Å²) in [6.45, 7) is 3.79. The van der Waals surface area contributed by atoms with Crippen LogP contribution in [-0.4, -0.2) is 5.78 Å². The van der Waals surface area contributed by atoms with E-state index in [1.54, 1.807) is 6.07 Å². The van der Waals surface area contributed by atoms with Gasteiger partial charge in [0.25, 0.3) is 0 Å². The summed E-state index contributed by atoms with van der Waals surface area (Å²) in [5, 5.41) is 1.11. The summed E-state index contributed by atoms with van der Waals surface area (Å²) in [5.41, 5.74) is 0.943. The molecule has 0 aliphatic carbocycles. The lowest BCUT2D eigenvalue weighted by Gasteiger charge is -2.11. The van der Waals surface area contributed by atoms with Crippen molar-refractivity contribution in [2.24, 2.45) is 5.92 Å². The molecule has 15 heavy (non-hydrogen) atoms. The second kappa shape index (κ2) is 5.53. The minimum absolute atomic E-state index is 0.00552. The second-order valence-electron chi connectivity index (χ2n) is 3.64. The molecule has 0 saturated heterocycles. The maximum Gasteiger partial charge on any atom is 0.135 e. The highest BCUT2D eigenvalue weighted by Gasteiger charge is 2.14. The summed E-state index contributed by atoms with van der Waals surface area (Å²) in [6, 6.07) is 5.51. The summed E-state index contributed by atoms with van der Waals surface area (Å²) < 4.78 is 0. The second-order valence-corrected chi connectivity index (χ2v) is 4.42. The maximum absolute atomic E-state index is 11.4. The standard InChI is InChI=1S/C12H14Cl2O/c1-3-11(15)8(2)7-9-5-4-6-10(13)12(9)14/h4-6,8H,3,7H2,1-2H3. The highest BCUT2D eigenvalue weighted by molar-refractivity contribution is 6.42. The lowest BCUT2D eigenvalue weighted by atomic mass is 9.96. The SMILES string of the molecule is CCC(=O)C(C)Cc1cccc(Cl)c1Cl. The maximum atomic E-state index is 11.4. The number of benzene rings is 1. The highest BCUT2D eigenvalue weighted by Crippen LogP contribution is 2.27. The quantitative estimate of drug-likeness (QED) is 0.778. The minimum Gasteiger partial charge on any atom is -0.299 e. The summed E-state index contributed by atoms with van der Waals surface area (Å²) in [5.74, 6) is 0.261. The molecule has 0 amide bonds. The molecule has 0 aromatic heterocycles. The van der Waals surface area contributed by atoms with Gasteiger partial charge in [-0.3, -0.25) is 4.79 Å². The number of ketones is 1. The minimum atomic E-state index is 0.00552. The van der Waals surface area contributed by atoms with Crippen LogP contribution < -0.4 is 0 Å². The summed E-state index contributed by atoms with van der Waals surface area (Å²) >= 11 is 11.9. The first-order valence-electron chi connectivity index (χ1n) is 5.01. The van der Waals surface area contributed by atoms with Crippen molar-refractivity contribution >= 4 is 29.0 Å². The van der Waals surface area contributed by atoms with Gasteiger partial charge in [-0.1, -0.05) is 49.2 Å². The van der Waals surface area contributed by atoms with Crippen molar-refractivity contribution in [2.75, 3.05) is 0 Å². The number of rotatable bonds is 4. The van der Waals surface area contributed by atoms with Crippen molar-refractivity contribution in [2.45, 2.75) is 26.7 Å². The van der Waals surface area contributed by atoms with Gasteiger partial charge in [-0.15, -0.1) is 0 Å². The van der Waals surface area contributed by atoms with E-state index in [-0.39, 0.29) is 11.7 Å². The van der Waals surface area contributed by atoms with Gasteiger partial charge in [0, 0.05) is 12.3 Å². The summed E-state index contributed by atoms with van der Waals surface area (Å²) in [4.78, 5) is 11.4. The fourth-order valence-electron chi connectivity index (χ4n) is 1.50. The number of hydrogen-bond acceptors (Lipinski definition) is 1. The molecular weight excluding hydrogens is 231 g/mol. The third-order valence-electron chi connectivity index (χ3n) is 2.46. The van der Waals surface area contributed by atoms with Gasteiger partial charge in [0.05, 0.1) is 10.0 Å². The van der Waals surface area contributed by atoms with Gasteiger partial charge >= 0.3 is 0 Å². The Balaban J connectivity index is 2.81. The van der Waals surface area contributed by atoms with Crippen molar-refractivity contribution in [1.82, 2.24) is 0 Å².